The van der Waals surface area contributed by atoms with Crippen LogP contribution < -0.4 is 0 Å². The third kappa shape index (κ3) is 35.5. The first-order valence-corrected chi connectivity index (χ1v) is 25.1. The van der Waals surface area contributed by atoms with Crippen LogP contribution in [0.1, 0.15) is 258 Å². The van der Waals surface area contributed by atoms with Crippen LogP contribution in [0.15, 0.2) is 43.0 Å². The number of allylic oxidation sites excluding steroid dienone is 2. The van der Waals surface area contributed by atoms with Crippen molar-refractivity contribution in [3.8, 4) is 0 Å². The largest absolute Gasteiger partial charge is 0.337 e. The Bertz CT molecular complexity index is 903. The second-order valence-corrected chi connectivity index (χ2v) is 17.9. The second kappa shape index (κ2) is 40.8. The van der Waals surface area contributed by atoms with Gasteiger partial charge in [0, 0.05) is 18.9 Å². The van der Waals surface area contributed by atoms with Crippen LogP contribution in [0, 0.1) is 5.92 Å². The molecule has 3 nitrogen and oxygen atoms in total. The van der Waals surface area contributed by atoms with Gasteiger partial charge >= 0.3 is 0 Å². The van der Waals surface area contributed by atoms with Gasteiger partial charge in [0.15, 0.2) is 0 Å². The average Bonchev–Trinajstić information content (AvgIpc) is 3.71. The quantitative estimate of drug-likeness (QED) is 0.0487. The lowest BCUT2D eigenvalue weighted by Crippen LogP contribution is -2.28. The summed E-state index contributed by atoms with van der Waals surface area (Å²) in [7, 11) is 0. The molecule has 0 atom stereocenters. The number of rotatable bonds is 45. The molecule has 3 heteroatoms. The van der Waals surface area contributed by atoms with E-state index in [9.17, 15) is 0 Å². The van der Waals surface area contributed by atoms with Crippen LogP contribution in [-0.2, 0) is 6.54 Å². The molecule has 322 valence electrons. The number of hydrogen-bond acceptors (Lipinski definition) is 2. The molecule has 1 rings (SSSR count). The van der Waals surface area contributed by atoms with Gasteiger partial charge in [-0.1, -0.05) is 218 Å². The standard InChI is InChI=1S/C52H99N3/c1-6-9-12-15-18-19-22-29-37-50(4)38-30-23-20-27-34-43-54(45-36-46-55-47-42-53-49-55)44-35-28-21-24-31-39-51(5)48-52(40-32-25-16-13-10-7-2)41-33-26-17-14-11-8-3/h42,47,49,52H,4-41,43-46,48H2,1-3H3. The van der Waals surface area contributed by atoms with Crippen molar-refractivity contribution in [1.29, 1.82) is 0 Å². The van der Waals surface area contributed by atoms with Crippen molar-refractivity contribution in [1.82, 2.24) is 14.5 Å². The number of aryl methyl sites for hydroxylation is 1. The minimum absolute atomic E-state index is 0.888. The van der Waals surface area contributed by atoms with Gasteiger partial charge in [-0.25, -0.2) is 4.98 Å². The molecule has 1 aromatic heterocycles. The van der Waals surface area contributed by atoms with E-state index in [1.54, 1.807) is 5.57 Å². The molecule has 0 N–H and O–H groups in total. The van der Waals surface area contributed by atoms with E-state index in [0.717, 1.165) is 12.5 Å². The topological polar surface area (TPSA) is 21.1 Å². The van der Waals surface area contributed by atoms with Gasteiger partial charge in [-0.15, -0.1) is 0 Å². The van der Waals surface area contributed by atoms with E-state index in [4.69, 9.17) is 0 Å². The molecule has 0 unspecified atom stereocenters. The van der Waals surface area contributed by atoms with Gasteiger partial charge in [-0.3, -0.25) is 0 Å². The van der Waals surface area contributed by atoms with Crippen LogP contribution in [0.5, 0.6) is 0 Å². The van der Waals surface area contributed by atoms with Gasteiger partial charge in [-0.05, 0) is 89.8 Å². The Morgan fingerprint density at radius 1 is 0.473 bits per heavy atom. The third-order valence-electron chi connectivity index (χ3n) is 12.4. The van der Waals surface area contributed by atoms with E-state index in [1.807, 2.05) is 12.5 Å². The SMILES string of the molecule is C=C(CCCCCCCCCC)CCCCCCCN(CCCCCCCC(=C)CC(CCCCCCCC)CCCCCCCC)CCCn1ccnc1. The highest BCUT2D eigenvalue weighted by molar-refractivity contribution is 4.96. The molecule has 0 aliphatic heterocycles. The fourth-order valence-corrected chi connectivity index (χ4v) is 8.63. The normalized spacial score (nSPS) is 11.7. The molecule has 0 fully saturated rings. The van der Waals surface area contributed by atoms with E-state index in [1.165, 1.54) is 263 Å². The summed E-state index contributed by atoms with van der Waals surface area (Å²) in [6.45, 7) is 20.8. The Kier molecular flexibility index (Phi) is 38.4. The lowest BCUT2D eigenvalue weighted by atomic mass is 9.87. The fraction of sp³-hybridized carbons (Fsp3) is 0.865. The van der Waals surface area contributed by atoms with Crippen LogP contribution in [0.25, 0.3) is 0 Å². The number of unbranched alkanes of at least 4 members (excludes halogenated alkanes) is 25. The maximum atomic E-state index is 4.60. The second-order valence-electron chi connectivity index (χ2n) is 17.9. The number of aromatic nitrogens is 2. The molecule has 55 heavy (non-hydrogen) atoms. The first-order valence-electron chi connectivity index (χ1n) is 25.1. The molecule has 0 aliphatic rings. The van der Waals surface area contributed by atoms with Gasteiger partial charge in [0.25, 0.3) is 0 Å². The minimum atomic E-state index is 0.888. The molecule has 0 amide bonds. The van der Waals surface area contributed by atoms with Gasteiger partial charge in [-0.2, -0.15) is 0 Å². The Morgan fingerprint density at radius 2 is 0.855 bits per heavy atom. The predicted molar refractivity (Wildman–Crippen MR) is 248 cm³/mol. The smallest absolute Gasteiger partial charge is 0.0945 e. The fourth-order valence-electron chi connectivity index (χ4n) is 8.63. The van der Waals surface area contributed by atoms with Crippen LogP contribution >= 0.6 is 0 Å². The summed E-state index contributed by atoms with van der Waals surface area (Å²) >= 11 is 0. The van der Waals surface area contributed by atoms with E-state index in [2.05, 4.69) is 54.6 Å². The Hall–Kier alpha value is -1.35. The molecule has 1 aromatic rings. The van der Waals surface area contributed by atoms with Crippen molar-refractivity contribution in [3.05, 3.63) is 43.0 Å². The zero-order valence-electron chi connectivity index (χ0n) is 38.1. The third-order valence-corrected chi connectivity index (χ3v) is 12.4. The van der Waals surface area contributed by atoms with Crippen molar-refractivity contribution in [3.63, 3.8) is 0 Å². The summed E-state index contributed by atoms with van der Waals surface area (Å²) in [5.41, 5.74) is 3.06. The molecule has 0 saturated carbocycles. The summed E-state index contributed by atoms with van der Waals surface area (Å²) in [6, 6.07) is 0. The molecule has 0 saturated heterocycles. The maximum absolute atomic E-state index is 4.60. The highest BCUT2D eigenvalue weighted by atomic mass is 15.1. The zero-order valence-corrected chi connectivity index (χ0v) is 38.1. The van der Waals surface area contributed by atoms with E-state index >= 15 is 0 Å². The summed E-state index contributed by atoms with van der Waals surface area (Å²) < 4.78 is 2.24. The maximum Gasteiger partial charge on any atom is 0.0945 e. The Morgan fingerprint density at radius 3 is 1.29 bits per heavy atom. The first kappa shape index (κ1) is 51.7. The molecule has 0 spiro atoms. The van der Waals surface area contributed by atoms with Crippen LogP contribution in [0.2, 0.25) is 0 Å². The van der Waals surface area contributed by atoms with Gasteiger partial charge in [0.1, 0.15) is 0 Å². The van der Waals surface area contributed by atoms with Crippen LogP contribution in [-0.4, -0.2) is 34.1 Å². The van der Waals surface area contributed by atoms with Gasteiger partial charge < -0.3 is 9.47 Å². The van der Waals surface area contributed by atoms with Crippen molar-refractivity contribution < 1.29 is 0 Å². The van der Waals surface area contributed by atoms with E-state index in [0.29, 0.717) is 0 Å². The molecule has 0 aliphatic carbocycles. The average molecular weight is 766 g/mol. The van der Waals surface area contributed by atoms with Gasteiger partial charge in [0.05, 0.1) is 6.33 Å². The lowest BCUT2D eigenvalue weighted by molar-refractivity contribution is 0.252. The number of nitrogens with zero attached hydrogens (tertiary/aromatic N) is 3. The highest BCUT2D eigenvalue weighted by Gasteiger charge is 2.11. The summed E-state index contributed by atoms with van der Waals surface area (Å²) in [5, 5.41) is 0. The van der Waals surface area contributed by atoms with Gasteiger partial charge in [0.2, 0.25) is 0 Å². The predicted octanol–water partition coefficient (Wildman–Crippen LogP) is 17.4. The molecule has 0 radical (unpaired) electrons. The molecule has 0 aromatic carbocycles. The van der Waals surface area contributed by atoms with E-state index in [-0.39, 0.29) is 0 Å². The van der Waals surface area contributed by atoms with Crippen LogP contribution in [0.3, 0.4) is 0 Å². The monoisotopic (exact) mass is 766 g/mol. The zero-order chi connectivity index (χ0) is 39.7. The van der Waals surface area contributed by atoms with Crippen molar-refractivity contribution in [2.45, 2.75) is 265 Å². The number of imidazole rings is 1. The van der Waals surface area contributed by atoms with E-state index < -0.39 is 0 Å². The van der Waals surface area contributed by atoms with Crippen molar-refractivity contribution in [2.24, 2.45) is 5.92 Å². The number of hydrogen-bond donors (Lipinski definition) is 0. The summed E-state index contributed by atoms with van der Waals surface area (Å²) in [4.78, 5) is 7.02. The highest BCUT2D eigenvalue weighted by Crippen LogP contribution is 2.27. The minimum Gasteiger partial charge on any atom is -0.337 e. The molecular weight excluding hydrogens is 667 g/mol. The lowest BCUT2D eigenvalue weighted by Gasteiger charge is -2.22. The Labute approximate surface area is 346 Å². The van der Waals surface area contributed by atoms with Crippen LogP contribution in [0.4, 0.5) is 0 Å². The molecular formula is C52H99N3. The van der Waals surface area contributed by atoms with Crippen molar-refractivity contribution >= 4 is 0 Å². The first-order chi connectivity index (χ1) is 27.1. The Balaban J connectivity index is 2.24. The molecule has 1 heterocycles. The molecule has 0 bridgehead atoms. The summed E-state index contributed by atoms with van der Waals surface area (Å²) in [6.07, 6.45) is 57.2. The summed E-state index contributed by atoms with van der Waals surface area (Å²) in [5.74, 6) is 0.888. The van der Waals surface area contributed by atoms with Crippen molar-refractivity contribution in [2.75, 3.05) is 19.6 Å².